The Labute approximate surface area is 160 Å². The van der Waals surface area contributed by atoms with Gasteiger partial charge in [0.25, 0.3) is 0 Å². The van der Waals surface area contributed by atoms with Crippen LogP contribution >= 0.6 is 24.0 Å². The molecule has 8 heteroatoms. The Hall–Kier alpha value is -1.16. The second kappa shape index (κ2) is 12.2. The first-order chi connectivity index (χ1) is 11.0. The van der Waals surface area contributed by atoms with Crippen molar-refractivity contribution in [3.8, 4) is 5.75 Å². The molecule has 0 spiro atoms. The minimum Gasteiger partial charge on any atom is -0.435 e. The van der Waals surface area contributed by atoms with Gasteiger partial charge < -0.3 is 19.9 Å². The summed E-state index contributed by atoms with van der Waals surface area (Å²) in [6.45, 7) is 2.68. The Morgan fingerprint density at radius 1 is 1.25 bits per heavy atom. The number of guanidine groups is 1. The molecule has 0 aliphatic carbocycles. The molecule has 1 N–H and O–H groups in total. The Balaban J connectivity index is 0.00000529. The van der Waals surface area contributed by atoms with Crippen molar-refractivity contribution in [2.24, 2.45) is 4.99 Å². The fourth-order valence-electron chi connectivity index (χ4n) is 2.03. The fraction of sp³-hybridized carbons (Fsp3) is 0.562. The first kappa shape index (κ1) is 22.8. The lowest BCUT2D eigenvalue weighted by molar-refractivity contribution is -0.0498. The molecule has 5 nitrogen and oxygen atoms in total. The number of aliphatic imine (C=N–C) groups is 1. The maximum atomic E-state index is 12.1. The molecule has 138 valence electrons. The van der Waals surface area contributed by atoms with Gasteiger partial charge in [-0.1, -0.05) is 19.1 Å². The summed E-state index contributed by atoms with van der Waals surface area (Å²) in [6, 6.07) is 6.63. The number of benzene rings is 1. The SMILES string of the molecule is CCN(C)CCNC(=NC)N(C)Cc1ccc(OC(F)F)cc1.I. The number of halogens is 3. The molecule has 0 aliphatic rings. The van der Waals surface area contributed by atoms with Crippen molar-refractivity contribution >= 4 is 29.9 Å². The molecule has 0 bridgehead atoms. The highest BCUT2D eigenvalue weighted by atomic mass is 127. The molecule has 0 atom stereocenters. The van der Waals surface area contributed by atoms with E-state index in [1.165, 1.54) is 0 Å². The number of hydrogen-bond donors (Lipinski definition) is 1. The second-order valence-electron chi connectivity index (χ2n) is 5.25. The molecule has 1 aromatic carbocycles. The van der Waals surface area contributed by atoms with Crippen molar-refractivity contribution in [2.75, 3.05) is 40.8 Å². The highest BCUT2D eigenvalue weighted by Gasteiger charge is 2.08. The standard InChI is InChI=1S/C16H26F2N4O.HI/c1-5-21(3)11-10-20-16(19-2)22(4)12-13-6-8-14(9-7-13)23-15(17)18;/h6-9,15H,5,10-12H2,1-4H3,(H,19,20);1H. The third-order valence-electron chi connectivity index (χ3n) is 3.46. The molecule has 1 aromatic rings. The molecule has 0 fully saturated rings. The van der Waals surface area contributed by atoms with E-state index in [1.54, 1.807) is 31.3 Å². The smallest absolute Gasteiger partial charge is 0.387 e. The van der Waals surface area contributed by atoms with Crippen LogP contribution in [0.4, 0.5) is 8.78 Å². The summed E-state index contributed by atoms with van der Waals surface area (Å²) in [5.74, 6) is 0.957. The van der Waals surface area contributed by atoms with Crippen LogP contribution in [0.5, 0.6) is 5.75 Å². The lowest BCUT2D eigenvalue weighted by Gasteiger charge is -2.23. The van der Waals surface area contributed by atoms with Crippen LogP contribution in [0.3, 0.4) is 0 Å². The summed E-state index contributed by atoms with van der Waals surface area (Å²) in [7, 11) is 5.74. The van der Waals surface area contributed by atoms with E-state index < -0.39 is 6.61 Å². The van der Waals surface area contributed by atoms with Crippen molar-refractivity contribution in [2.45, 2.75) is 20.1 Å². The number of rotatable bonds is 8. The zero-order valence-electron chi connectivity index (χ0n) is 14.6. The van der Waals surface area contributed by atoms with Gasteiger partial charge in [-0.2, -0.15) is 8.78 Å². The zero-order chi connectivity index (χ0) is 17.2. The molecule has 0 aromatic heterocycles. The maximum Gasteiger partial charge on any atom is 0.387 e. The van der Waals surface area contributed by atoms with E-state index in [2.05, 4.69) is 33.9 Å². The highest BCUT2D eigenvalue weighted by Crippen LogP contribution is 2.15. The lowest BCUT2D eigenvalue weighted by atomic mass is 10.2. The molecular weight excluding hydrogens is 429 g/mol. The number of likely N-dealkylation sites (N-methyl/N-ethyl adjacent to an activating group) is 1. The van der Waals surface area contributed by atoms with Crippen molar-refractivity contribution in [3.05, 3.63) is 29.8 Å². The predicted molar refractivity (Wildman–Crippen MR) is 104 cm³/mol. The third-order valence-corrected chi connectivity index (χ3v) is 3.46. The van der Waals surface area contributed by atoms with Crippen molar-refractivity contribution < 1.29 is 13.5 Å². The molecule has 0 radical (unpaired) electrons. The normalized spacial score (nSPS) is 11.4. The first-order valence-electron chi connectivity index (χ1n) is 7.60. The highest BCUT2D eigenvalue weighted by molar-refractivity contribution is 14.0. The molecule has 0 heterocycles. The minimum atomic E-state index is -2.80. The molecular formula is C16H27F2IN4O. The van der Waals surface area contributed by atoms with Crippen LogP contribution in [-0.2, 0) is 6.54 Å². The van der Waals surface area contributed by atoms with Crippen LogP contribution in [0.2, 0.25) is 0 Å². The number of nitrogens with one attached hydrogen (secondary N) is 1. The van der Waals surface area contributed by atoms with Crippen LogP contribution < -0.4 is 10.1 Å². The number of hydrogen-bond acceptors (Lipinski definition) is 3. The van der Waals surface area contributed by atoms with Gasteiger partial charge in [0.15, 0.2) is 5.96 Å². The Kier molecular flexibility index (Phi) is 11.6. The summed E-state index contributed by atoms with van der Waals surface area (Å²) in [4.78, 5) is 8.44. The van der Waals surface area contributed by atoms with Gasteiger partial charge in [-0.15, -0.1) is 24.0 Å². The molecule has 0 unspecified atom stereocenters. The lowest BCUT2D eigenvalue weighted by Crippen LogP contribution is -2.41. The van der Waals surface area contributed by atoms with Gasteiger partial charge in [-0.25, -0.2) is 0 Å². The summed E-state index contributed by atoms with van der Waals surface area (Å²) < 4.78 is 28.6. The Morgan fingerprint density at radius 2 is 1.88 bits per heavy atom. The van der Waals surface area contributed by atoms with Crippen LogP contribution in [0.25, 0.3) is 0 Å². The fourth-order valence-corrected chi connectivity index (χ4v) is 2.03. The third kappa shape index (κ3) is 8.62. The average Bonchev–Trinajstić information content (AvgIpc) is 2.52. The van der Waals surface area contributed by atoms with E-state index in [0.717, 1.165) is 31.2 Å². The van der Waals surface area contributed by atoms with Crippen molar-refractivity contribution in [1.82, 2.24) is 15.1 Å². The zero-order valence-corrected chi connectivity index (χ0v) is 17.0. The maximum absolute atomic E-state index is 12.1. The van der Waals surface area contributed by atoms with E-state index in [1.807, 2.05) is 11.9 Å². The minimum absolute atomic E-state index is 0. The average molecular weight is 456 g/mol. The van der Waals surface area contributed by atoms with Gasteiger partial charge in [0.1, 0.15) is 5.75 Å². The topological polar surface area (TPSA) is 40.1 Å². The molecule has 24 heavy (non-hydrogen) atoms. The Bertz CT molecular complexity index is 485. The summed E-state index contributed by atoms with van der Waals surface area (Å²) in [5.41, 5.74) is 0.989. The van der Waals surface area contributed by atoms with E-state index in [4.69, 9.17) is 0 Å². The summed E-state index contributed by atoms with van der Waals surface area (Å²) >= 11 is 0. The molecule has 0 amide bonds. The predicted octanol–water partition coefficient (Wildman–Crippen LogP) is 2.86. The summed E-state index contributed by atoms with van der Waals surface area (Å²) in [6.07, 6.45) is 0. The van der Waals surface area contributed by atoms with Gasteiger partial charge >= 0.3 is 6.61 Å². The van der Waals surface area contributed by atoms with E-state index >= 15 is 0 Å². The van der Waals surface area contributed by atoms with E-state index in [-0.39, 0.29) is 29.7 Å². The molecule has 1 rings (SSSR count). The van der Waals surface area contributed by atoms with Crippen molar-refractivity contribution in [3.63, 3.8) is 0 Å². The number of alkyl halides is 2. The van der Waals surface area contributed by atoms with Gasteiger partial charge in [0, 0.05) is 33.7 Å². The molecule has 0 saturated carbocycles. The monoisotopic (exact) mass is 456 g/mol. The quantitative estimate of drug-likeness (QED) is 0.371. The van der Waals surface area contributed by atoms with Crippen molar-refractivity contribution in [1.29, 1.82) is 0 Å². The molecule has 0 saturated heterocycles. The van der Waals surface area contributed by atoms with Crippen LogP contribution in [0.15, 0.2) is 29.3 Å². The number of ether oxygens (including phenoxy) is 1. The first-order valence-corrected chi connectivity index (χ1v) is 7.60. The Morgan fingerprint density at radius 3 is 2.38 bits per heavy atom. The summed E-state index contributed by atoms with van der Waals surface area (Å²) in [5, 5.41) is 3.30. The van der Waals surface area contributed by atoms with Gasteiger partial charge in [-0.05, 0) is 31.3 Å². The van der Waals surface area contributed by atoms with Crippen LogP contribution in [0.1, 0.15) is 12.5 Å². The number of nitrogens with zero attached hydrogens (tertiary/aromatic N) is 3. The van der Waals surface area contributed by atoms with Gasteiger partial charge in [-0.3, -0.25) is 4.99 Å². The van der Waals surface area contributed by atoms with Crippen LogP contribution in [0, 0.1) is 0 Å². The van der Waals surface area contributed by atoms with Gasteiger partial charge in [0.2, 0.25) is 0 Å². The van der Waals surface area contributed by atoms with E-state index in [9.17, 15) is 8.78 Å². The van der Waals surface area contributed by atoms with Crippen LogP contribution in [-0.4, -0.2) is 63.1 Å². The van der Waals surface area contributed by atoms with Gasteiger partial charge in [0.05, 0.1) is 0 Å². The van der Waals surface area contributed by atoms with E-state index in [0.29, 0.717) is 6.54 Å². The largest absolute Gasteiger partial charge is 0.435 e. The second-order valence-corrected chi connectivity index (χ2v) is 5.25. The molecule has 0 aliphatic heterocycles.